The number of aromatic nitrogens is 1. The third-order valence-corrected chi connectivity index (χ3v) is 1.56. The molecule has 1 aromatic heterocycles. The van der Waals surface area contributed by atoms with E-state index in [9.17, 15) is 23.1 Å². The van der Waals surface area contributed by atoms with Crippen LogP contribution in [0.2, 0.25) is 0 Å². The van der Waals surface area contributed by atoms with Crippen LogP contribution < -0.4 is 16.0 Å². The quantitative estimate of drug-likeness (QED) is 0.680. The van der Waals surface area contributed by atoms with Gasteiger partial charge in [-0.2, -0.15) is 0 Å². The molecule has 1 heterocycles. The molecule has 5 nitrogen and oxygen atoms in total. The summed E-state index contributed by atoms with van der Waals surface area (Å²) in [6, 6.07) is 0. The summed E-state index contributed by atoms with van der Waals surface area (Å²) < 4.78 is 38.9. The van der Waals surface area contributed by atoms with Gasteiger partial charge < -0.3 is 20.6 Å². The first-order chi connectivity index (χ1) is 6.85. The van der Waals surface area contributed by atoms with Gasteiger partial charge in [0.25, 0.3) is 5.56 Å². The molecule has 0 saturated carbocycles. The molecule has 0 unspecified atom stereocenters. The Morgan fingerprint density at radius 3 is 2.60 bits per heavy atom. The van der Waals surface area contributed by atoms with Gasteiger partial charge in [-0.25, -0.2) is 0 Å². The maximum absolute atomic E-state index is 11.8. The Morgan fingerprint density at radius 2 is 2.13 bits per heavy atom. The molecule has 0 fully saturated rings. The van der Waals surface area contributed by atoms with Gasteiger partial charge in [-0.05, 0) is 0 Å². The standard InChI is InChI=1S/C7H7F3N2O3/c8-7(9,10)15-4-2-12-6(14)3(1-11)5(4)13/h2H,1,11H2,(H2,12,13,14). The van der Waals surface area contributed by atoms with E-state index in [-0.39, 0.29) is 5.56 Å². The summed E-state index contributed by atoms with van der Waals surface area (Å²) >= 11 is 0. The molecule has 0 spiro atoms. The average Bonchev–Trinajstić information content (AvgIpc) is 2.09. The number of hydrogen-bond acceptors (Lipinski definition) is 4. The molecule has 0 aliphatic carbocycles. The van der Waals surface area contributed by atoms with E-state index in [1.807, 2.05) is 4.98 Å². The van der Waals surface area contributed by atoms with Crippen LogP contribution in [-0.2, 0) is 6.54 Å². The molecule has 0 aromatic carbocycles. The van der Waals surface area contributed by atoms with E-state index in [2.05, 4.69) is 4.74 Å². The summed E-state index contributed by atoms with van der Waals surface area (Å²) in [6.07, 6.45) is -4.33. The van der Waals surface area contributed by atoms with Crippen molar-refractivity contribution >= 4 is 0 Å². The van der Waals surface area contributed by atoms with Crippen molar-refractivity contribution in [2.45, 2.75) is 12.9 Å². The molecule has 1 rings (SSSR count). The second kappa shape index (κ2) is 3.81. The number of nitrogens with two attached hydrogens (primary N) is 1. The van der Waals surface area contributed by atoms with Crippen molar-refractivity contribution < 1.29 is 23.0 Å². The molecule has 15 heavy (non-hydrogen) atoms. The lowest BCUT2D eigenvalue weighted by molar-refractivity contribution is -0.275. The lowest BCUT2D eigenvalue weighted by Crippen LogP contribution is -2.21. The number of aromatic amines is 1. The van der Waals surface area contributed by atoms with Gasteiger partial charge in [0.05, 0.1) is 11.8 Å². The predicted molar refractivity (Wildman–Crippen MR) is 43.3 cm³/mol. The zero-order valence-corrected chi connectivity index (χ0v) is 7.26. The van der Waals surface area contributed by atoms with Crippen LogP contribution in [0.25, 0.3) is 0 Å². The van der Waals surface area contributed by atoms with Gasteiger partial charge in [-0.3, -0.25) is 4.79 Å². The van der Waals surface area contributed by atoms with Gasteiger partial charge in [0.1, 0.15) is 0 Å². The summed E-state index contributed by atoms with van der Waals surface area (Å²) in [4.78, 5) is 12.9. The van der Waals surface area contributed by atoms with Gasteiger partial charge in [0.15, 0.2) is 11.5 Å². The first-order valence-electron chi connectivity index (χ1n) is 3.74. The highest BCUT2D eigenvalue weighted by molar-refractivity contribution is 5.42. The normalized spacial score (nSPS) is 11.5. The molecule has 0 aliphatic heterocycles. The van der Waals surface area contributed by atoms with Crippen LogP contribution in [0.5, 0.6) is 11.5 Å². The Balaban J connectivity index is 3.17. The molecule has 84 valence electrons. The van der Waals surface area contributed by atoms with Crippen LogP contribution in [0, 0.1) is 0 Å². The summed E-state index contributed by atoms with van der Waals surface area (Å²) in [6.45, 7) is -0.393. The Kier molecular flexibility index (Phi) is 2.89. The molecule has 0 amide bonds. The number of halogens is 3. The molecule has 0 aliphatic rings. The van der Waals surface area contributed by atoms with Crippen LogP contribution in [0.4, 0.5) is 13.2 Å². The van der Waals surface area contributed by atoms with Crippen molar-refractivity contribution in [3.63, 3.8) is 0 Å². The molecular weight excluding hydrogens is 217 g/mol. The highest BCUT2D eigenvalue weighted by atomic mass is 19.4. The zero-order valence-electron chi connectivity index (χ0n) is 7.26. The predicted octanol–water partition coefficient (Wildman–Crippen LogP) is 0.438. The fourth-order valence-corrected chi connectivity index (χ4v) is 0.935. The Morgan fingerprint density at radius 1 is 1.53 bits per heavy atom. The fourth-order valence-electron chi connectivity index (χ4n) is 0.935. The Labute approximate surface area is 81.3 Å². The molecule has 1 aromatic rings. The van der Waals surface area contributed by atoms with Crippen LogP contribution in [0.15, 0.2) is 11.0 Å². The van der Waals surface area contributed by atoms with Crippen molar-refractivity contribution in [3.05, 3.63) is 22.1 Å². The van der Waals surface area contributed by atoms with Crippen molar-refractivity contribution in [1.82, 2.24) is 4.98 Å². The number of pyridine rings is 1. The first-order valence-corrected chi connectivity index (χ1v) is 3.74. The third kappa shape index (κ3) is 2.62. The van der Waals surface area contributed by atoms with Gasteiger partial charge >= 0.3 is 6.36 Å². The molecule has 0 saturated heterocycles. The largest absolute Gasteiger partial charge is 0.573 e. The third-order valence-electron chi connectivity index (χ3n) is 1.56. The highest BCUT2D eigenvalue weighted by Crippen LogP contribution is 2.31. The van der Waals surface area contributed by atoms with E-state index in [0.29, 0.717) is 6.20 Å². The maximum Gasteiger partial charge on any atom is 0.573 e. The summed E-state index contributed by atoms with van der Waals surface area (Å²) in [5.74, 6) is -1.79. The lowest BCUT2D eigenvalue weighted by atomic mass is 10.2. The topological polar surface area (TPSA) is 88.3 Å². The average molecular weight is 224 g/mol. The second-order valence-electron chi connectivity index (χ2n) is 2.56. The highest BCUT2D eigenvalue weighted by Gasteiger charge is 2.33. The van der Waals surface area contributed by atoms with Crippen LogP contribution in [0.1, 0.15) is 5.56 Å². The molecular formula is C7H7F3N2O3. The van der Waals surface area contributed by atoms with E-state index in [1.54, 1.807) is 0 Å². The molecule has 0 bridgehead atoms. The number of rotatable bonds is 2. The zero-order chi connectivity index (χ0) is 11.6. The number of aromatic hydroxyl groups is 1. The van der Waals surface area contributed by atoms with Crippen LogP contribution in [0.3, 0.4) is 0 Å². The van der Waals surface area contributed by atoms with Gasteiger partial charge in [0, 0.05) is 6.54 Å². The molecule has 0 radical (unpaired) electrons. The van der Waals surface area contributed by atoms with E-state index in [1.165, 1.54) is 0 Å². The summed E-state index contributed by atoms with van der Waals surface area (Å²) in [7, 11) is 0. The number of alkyl halides is 3. The van der Waals surface area contributed by atoms with Gasteiger partial charge in [-0.15, -0.1) is 13.2 Å². The monoisotopic (exact) mass is 224 g/mol. The lowest BCUT2D eigenvalue weighted by Gasteiger charge is -2.11. The minimum Gasteiger partial charge on any atom is -0.504 e. The number of nitrogens with one attached hydrogen (secondary N) is 1. The number of hydrogen-bond donors (Lipinski definition) is 3. The van der Waals surface area contributed by atoms with E-state index < -0.39 is 30.0 Å². The Hall–Kier alpha value is -1.70. The number of H-pyrrole nitrogens is 1. The molecule has 0 atom stereocenters. The first kappa shape index (κ1) is 11.4. The van der Waals surface area contributed by atoms with E-state index >= 15 is 0 Å². The molecule has 8 heteroatoms. The minimum absolute atomic E-state index is 0.364. The summed E-state index contributed by atoms with van der Waals surface area (Å²) in [5.41, 5.74) is 3.94. The van der Waals surface area contributed by atoms with E-state index in [0.717, 1.165) is 0 Å². The minimum atomic E-state index is -4.94. The number of ether oxygens (including phenoxy) is 1. The van der Waals surface area contributed by atoms with Gasteiger partial charge in [0.2, 0.25) is 0 Å². The Bertz CT molecular complexity index is 413. The SMILES string of the molecule is NCc1c(O)c(OC(F)(F)F)c[nH]c1=O. The van der Waals surface area contributed by atoms with Crippen LogP contribution >= 0.6 is 0 Å². The summed E-state index contributed by atoms with van der Waals surface area (Å²) in [5, 5.41) is 9.21. The smallest absolute Gasteiger partial charge is 0.504 e. The van der Waals surface area contributed by atoms with Gasteiger partial charge in [-0.1, -0.05) is 0 Å². The van der Waals surface area contributed by atoms with Crippen molar-refractivity contribution in [1.29, 1.82) is 0 Å². The van der Waals surface area contributed by atoms with Crippen LogP contribution in [-0.4, -0.2) is 16.5 Å². The molecule has 4 N–H and O–H groups in total. The van der Waals surface area contributed by atoms with Crippen molar-refractivity contribution in [2.75, 3.05) is 0 Å². The van der Waals surface area contributed by atoms with E-state index in [4.69, 9.17) is 5.73 Å². The fraction of sp³-hybridized carbons (Fsp3) is 0.286. The second-order valence-corrected chi connectivity index (χ2v) is 2.56. The van der Waals surface area contributed by atoms with Crippen molar-refractivity contribution in [2.24, 2.45) is 5.73 Å². The maximum atomic E-state index is 11.8. The van der Waals surface area contributed by atoms with Crippen molar-refractivity contribution in [3.8, 4) is 11.5 Å².